The van der Waals surface area contributed by atoms with Crippen LogP contribution in [0.5, 0.6) is 5.75 Å². The lowest BCUT2D eigenvalue weighted by atomic mass is 10.2. The fourth-order valence-corrected chi connectivity index (χ4v) is 4.55. The molecular weight excluding hydrogens is 498 g/mol. The van der Waals surface area contributed by atoms with E-state index in [4.69, 9.17) is 4.74 Å². The molecule has 4 rings (SSSR count). The Morgan fingerprint density at radius 3 is 2.16 bits per heavy atom. The molecule has 0 spiro atoms. The van der Waals surface area contributed by atoms with Gasteiger partial charge in [-0.1, -0.05) is 60.2 Å². The molecule has 0 aromatic heterocycles. The van der Waals surface area contributed by atoms with E-state index in [0.29, 0.717) is 17.9 Å². The molecule has 0 aliphatic rings. The Morgan fingerprint density at radius 2 is 1.53 bits per heavy atom. The van der Waals surface area contributed by atoms with E-state index in [-0.39, 0.29) is 6.54 Å². The summed E-state index contributed by atoms with van der Waals surface area (Å²) in [7, 11) is -3.52. The second-order valence-corrected chi connectivity index (χ2v) is 10.8. The van der Waals surface area contributed by atoms with Crippen molar-refractivity contribution in [1.82, 2.24) is 5.43 Å². The zero-order chi connectivity index (χ0) is 27.0. The number of ether oxygens (including phenoxy) is 1. The highest BCUT2D eigenvalue weighted by atomic mass is 32.2. The van der Waals surface area contributed by atoms with Gasteiger partial charge in [0.25, 0.3) is 5.91 Å². The van der Waals surface area contributed by atoms with E-state index in [9.17, 15) is 13.2 Å². The summed E-state index contributed by atoms with van der Waals surface area (Å²) in [6.45, 7) is 2.73. The van der Waals surface area contributed by atoms with Crippen LogP contribution in [0.3, 0.4) is 0 Å². The van der Waals surface area contributed by atoms with Crippen molar-refractivity contribution < 1.29 is 17.9 Å². The van der Waals surface area contributed by atoms with Gasteiger partial charge in [-0.15, -0.1) is 0 Å². The minimum Gasteiger partial charge on any atom is -0.489 e. The summed E-state index contributed by atoms with van der Waals surface area (Å²) in [5.41, 5.74) is 7.29. The van der Waals surface area contributed by atoms with Gasteiger partial charge < -0.3 is 4.74 Å². The largest absolute Gasteiger partial charge is 0.489 e. The average molecular weight is 528 g/mol. The molecule has 38 heavy (non-hydrogen) atoms. The molecule has 0 bridgehead atoms. The van der Waals surface area contributed by atoms with Crippen LogP contribution in [-0.2, 0) is 23.2 Å². The molecule has 0 saturated heterocycles. The summed E-state index contributed by atoms with van der Waals surface area (Å²) in [6, 6.07) is 31.3. The molecule has 1 amide bonds. The number of hydrogen-bond acceptors (Lipinski definition) is 5. The van der Waals surface area contributed by atoms with Crippen LogP contribution in [0.4, 0.5) is 5.69 Å². The minimum absolute atomic E-state index is 0.200. The van der Waals surface area contributed by atoms with Gasteiger partial charge in [0.15, 0.2) is 0 Å². The van der Waals surface area contributed by atoms with Gasteiger partial charge in [-0.25, -0.2) is 13.8 Å². The van der Waals surface area contributed by atoms with Gasteiger partial charge in [0.05, 0.1) is 24.7 Å². The third kappa shape index (κ3) is 7.54. The van der Waals surface area contributed by atoms with Crippen LogP contribution in [0.2, 0.25) is 0 Å². The third-order valence-corrected chi connectivity index (χ3v) is 6.91. The van der Waals surface area contributed by atoms with Crippen molar-refractivity contribution in [3.8, 4) is 5.75 Å². The number of anilines is 1. The quantitative estimate of drug-likeness (QED) is 0.224. The molecule has 0 aliphatic heterocycles. The smallest absolute Gasteiger partial charge is 0.271 e. The molecule has 0 heterocycles. The fourth-order valence-electron chi connectivity index (χ4n) is 3.66. The molecule has 0 saturated carbocycles. The molecule has 4 aromatic carbocycles. The Morgan fingerprint density at radius 1 is 0.868 bits per heavy atom. The van der Waals surface area contributed by atoms with Crippen molar-refractivity contribution in [2.75, 3.05) is 10.6 Å². The average Bonchev–Trinajstić information content (AvgIpc) is 2.92. The first kappa shape index (κ1) is 26.6. The van der Waals surface area contributed by atoms with Gasteiger partial charge in [0.1, 0.15) is 12.4 Å². The van der Waals surface area contributed by atoms with Crippen LogP contribution < -0.4 is 14.5 Å². The Bertz CT molecular complexity index is 1480. The first-order chi connectivity index (χ1) is 18.3. The lowest BCUT2D eigenvalue weighted by Crippen LogP contribution is -2.29. The zero-order valence-corrected chi connectivity index (χ0v) is 22.1. The number of hydrazone groups is 1. The van der Waals surface area contributed by atoms with Crippen molar-refractivity contribution in [3.63, 3.8) is 0 Å². The van der Waals surface area contributed by atoms with Crippen LogP contribution >= 0.6 is 0 Å². The number of carbonyl (C=O) groups excluding carboxylic acids is 1. The minimum atomic E-state index is -3.52. The first-order valence-corrected chi connectivity index (χ1v) is 13.9. The predicted molar refractivity (Wildman–Crippen MR) is 151 cm³/mol. The van der Waals surface area contributed by atoms with Gasteiger partial charge in [-0.05, 0) is 72.1 Å². The number of nitrogens with zero attached hydrogens (tertiary/aromatic N) is 2. The highest BCUT2D eigenvalue weighted by Crippen LogP contribution is 2.21. The highest BCUT2D eigenvalue weighted by Gasteiger charge is 2.18. The standard InChI is InChI=1S/C30H29N3O4S/c1-23-8-10-26(11-9-23)22-37-29-18-12-24(13-19-29)20-31-32-30(34)27-14-16-28(17-15-27)33(38(2,35)36)21-25-6-4-3-5-7-25/h3-20H,21-22H2,1-2H3,(H,32,34)/b31-20-. The first-order valence-electron chi connectivity index (χ1n) is 12.0. The van der Waals surface area contributed by atoms with E-state index < -0.39 is 15.9 Å². The zero-order valence-electron chi connectivity index (χ0n) is 21.2. The molecule has 1 N–H and O–H groups in total. The van der Waals surface area contributed by atoms with Crippen LogP contribution in [0.25, 0.3) is 0 Å². The number of hydrogen-bond donors (Lipinski definition) is 1. The molecule has 0 fully saturated rings. The van der Waals surface area contributed by atoms with Crippen molar-refractivity contribution in [2.24, 2.45) is 5.10 Å². The Balaban J connectivity index is 1.32. The topological polar surface area (TPSA) is 88.1 Å². The molecular formula is C30H29N3O4S. The van der Waals surface area contributed by atoms with E-state index in [0.717, 1.165) is 28.7 Å². The van der Waals surface area contributed by atoms with Gasteiger partial charge in [0.2, 0.25) is 10.0 Å². The van der Waals surface area contributed by atoms with Crippen LogP contribution in [0.1, 0.15) is 32.6 Å². The molecule has 0 radical (unpaired) electrons. The Labute approximate surface area is 223 Å². The lowest BCUT2D eigenvalue weighted by molar-refractivity contribution is 0.0955. The number of carbonyl (C=O) groups is 1. The molecule has 7 nitrogen and oxygen atoms in total. The lowest BCUT2D eigenvalue weighted by Gasteiger charge is -2.22. The molecule has 8 heteroatoms. The van der Waals surface area contributed by atoms with Crippen LogP contribution in [0, 0.1) is 6.92 Å². The maximum absolute atomic E-state index is 12.5. The summed E-state index contributed by atoms with van der Waals surface area (Å²) in [5.74, 6) is 0.335. The van der Waals surface area contributed by atoms with Gasteiger partial charge in [-0.3, -0.25) is 9.10 Å². The highest BCUT2D eigenvalue weighted by molar-refractivity contribution is 7.92. The summed E-state index contributed by atoms with van der Waals surface area (Å²) < 4.78 is 31.9. The monoisotopic (exact) mass is 527 g/mol. The van der Waals surface area contributed by atoms with Crippen molar-refractivity contribution in [2.45, 2.75) is 20.1 Å². The Kier molecular flexibility index (Phi) is 8.55. The molecule has 4 aromatic rings. The maximum Gasteiger partial charge on any atom is 0.271 e. The fraction of sp³-hybridized carbons (Fsp3) is 0.133. The van der Waals surface area contributed by atoms with Gasteiger partial charge >= 0.3 is 0 Å². The molecule has 0 atom stereocenters. The molecule has 194 valence electrons. The third-order valence-electron chi connectivity index (χ3n) is 5.77. The van der Waals surface area contributed by atoms with Crippen molar-refractivity contribution in [1.29, 1.82) is 0 Å². The Hall–Kier alpha value is -4.43. The number of amides is 1. The van der Waals surface area contributed by atoms with Gasteiger partial charge in [-0.2, -0.15) is 5.10 Å². The van der Waals surface area contributed by atoms with E-state index >= 15 is 0 Å². The van der Waals surface area contributed by atoms with Gasteiger partial charge in [0, 0.05) is 5.56 Å². The summed E-state index contributed by atoms with van der Waals surface area (Å²) in [5, 5.41) is 4.03. The summed E-state index contributed by atoms with van der Waals surface area (Å²) >= 11 is 0. The predicted octanol–water partition coefficient (Wildman–Crippen LogP) is 5.30. The second kappa shape index (κ2) is 12.2. The number of sulfonamides is 1. The molecule has 0 unspecified atom stereocenters. The normalized spacial score (nSPS) is 11.3. The van der Waals surface area contributed by atoms with E-state index in [1.54, 1.807) is 30.5 Å². The second-order valence-electron chi connectivity index (χ2n) is 8.84. The van der Waals surface area contributed by atoms with E-state index in [2.05, 4.69) is 22.7 Å². The van der Waals surface area contributed by atoms with E-state index in [1.807, 2.05) is 73.7 Å². The van der Waals surface area contributed by atoms with Crippen LogP contribution in [-0.4, -0.2) is 26.8 Å². The maximum atomic E-state index is 12.5. The summed E-state index contributed by atoms with van der Waals surface area (Å²) in [4.78, 5) is 12.5. The van der Waals surface area contributed by atoms with E-state index in [1.165, 1.54) is 9.87 Å². The van der Waals surface area contributed by atoms with Crippen LogP contribution in [0.15, 0.2) is 108 Å². The SMILES string of the molecule is Cc1ccc(COc2ccc(/C=N\NC(=O)c3ccc(N(Cc4ccccc4)S(C)(=O)=O)cc3)cc2)cc1. The van der Waals surface area contributed by atoms with Crippen molar-refractivity contribution >= 4 is 27.8 Å². The number of rotatable bonds is 10. The molecule has 0 aliphatic carbocycles. The number of benzene rings is 4. The summed E-state index contributed by atoms with van der Waals surface area (Å²) in [6.07, 6.45) is 2.70. The number of aryl methyl sites for hydroxylation is 1. The van der Waals surface area contributed by atoms with Crippen molar-refractivity contribution in [3.05, 3.63) is 131 Å². The number of nitrogens with one attached hydrogen (secondary N) is 1.